The maximum Gasteiger partial charge on any atom is 0.305 e. The van der Waals surface area contributed by atoms with Crippen LogP contribution in [0.2, 0.25) is 15.1 Å². The zero-order valence-electron chi connectivity index (χ0n) is 17.7. The van der Waals surface area contributed by atoms with Crippen LogP contribution < -0.4 is 10.4 Å². The van der Waals surface area contributed by atoms with Gasteiger partial charge in [-0.2, -0.15) is 5.10 Å². The smallest absolute Gasteiger partial charge is 0.305 e. The van der Waals surface area contributed by atoms with Crippen LogP contribution in [0.3, 0.4) is 0 Å². The number of nitrogens with zero attached hydrogens (tertiary/aromatic N) is 3. The fourth-order valence-electron chi connectivity index (χ4n) is 4.24. The lowest BCUT2D eigenvalue weighted by Crippen LogP contribution is -2.53. The Bertz CT molecular complexity index is 1080. The molecule has 10 heteroatoms. The van der Waals surface area contributed by atoms with Crippen molar-refractivity contribution >= 4 is 58.1 Å². The van der Waals surface area contributed by atoms with E-state index in [1.54, 1.807) is 40.3 Å². The van der Waals surface area contributed by atoms with Crippen LogP contribution in [0.25, 0.3) is 0 Å². The quantitative estimate of drug-likeness (QED) is 0.551. The molecule has 0 saturated carbocycles. The van der Waals surface area contributed by atoms with Crippen LogP contribution in [0.4, 0.5) is 5.69 Å². The van der Waals surface area contributed by atoms with E-state index in [0.29, 0.717) is 39.4 Å². The largest absolute Gasteiger partial charge is 0.481 e. The van der Waals surface area contributed by atoms with E-state index in [2.05, 4.69) is 10.5 Å². The van der Waals surface area contributed by atoms with Gasteiger partial charge in [-0.15, -0.1) is 0 Å². The minimum atomic E-state index is -0.884. The Morgan fingerprint density at radius 1 is 1.06 bits per heavy atom. The normalized spacial score (nSPS) is 21.1. The SMILES string of the molecule is O=C(O)CC1CCCCN1NC(=O)C1=NN(c2ccc(Cl)cc2Cl)C(c2ccc(Cl)cc2)C1. The Hall–Kier alpha value is -2.32. The molecule has 0 bridgehead atoms. The number of nitrogens with one attached hydrogen (secondary N) is 1. The van der Waals surface area contributed by atoms with E-state index in [1.807, 2.05) is 12.1 Å². The maximum absolute atomic E-state index is 13.2. The lowest BCUT2D eigenvalue weighted by Gasteiger charge is -2.34. The van der Waals surface area contributed by atoms with Crippen LogP contribution in [0.15, 0.2) is 47.6 Å². The van der Waals surface area contributed by atoms with Crippen LogP contribution in [0.1, 0.15) is 43.7 Å². The number of hydrazine groups is 1. The van der Waals surface area contributed by atoms with E-state index < -0.39 is 5.97 Å². The highest BCUT2D eigenvalue weighted by Crippen LogP contribution is 2.40. The number of amides is 1. The van der Waals surface area contributed by atoms with Crippen LogP contribution in [-0.2, 0) is 9.59 Å². The third-order valence-electron chi connectivity index (χ3n) is 5.87. The number of carboxylic acids is 1. The van der Waals surface area contributed by atoms with E-state index in [1.165, 1.54) is 0 Å². The third kappa shape index (κ3) is 5.61. The number of carbonyl (C=O) groups is 2. The van der Waals surface area contributed by atoms with E-state index in [-0.39, 0.29) is 24.4 Å². The summed E-state index contributed by atoms with van der Waals surface area (Å²) in [6, 6.07) is 12.0. The molecule has 0 aliphatic carbocycles. The fraction of sp³-hybridized carbons (Fsp3) is 0.348. The fourth-order valence-corrected chi connectivity index (χ4v) is 4.86. The van der Waals surface area contributed by atoms with Crippen molar-refractivity contribution in [2.75, 3.05) is 11.6 Å². The summed E-state index contributed by atoms with van der Waals surface area (Å²) in [5, 5.41) is 18.8. The second kappa shape index (κ2) is 10.3. The summed E-state index contributed by atoms with van der Waals surface area (Å²) in [6.07, 6.45) is 2.88. The zero-order chi connectivity index (χ0) is 23.5. The second-order valence-corrected chi connectivity index (χ2v) is 9.42. The molecule has 2 aromatic carbocycles. The van der Waals surface area contributed by atoms with Gasteiger partial charge >= 0.3 is 5.97 Å². The lowest BCUT2D eigenvalue weighted by molar-refractivity contribution is -0.140. The molecule has 2 atom stereocenters. The summed E-state index contributed by atoms with van der Waals surface area (Å²) in [5.41, 5.74) is 4.78. The molecular formula is C23H23Cl3N4O3. The molecule has 1 amide bonds. The first kappa shape index (κ1) is 23.8. The highest BCUT2D eigenvalue weighted by molar-refractivity contribution is 6.40. The van der Waals surface area contributed by atoms with Crippen molar-refractivity contribution in [3.05, 3.63) is 63.1 Å². The Kier molecular flexibility index (Phi) is 7.44. The van der Waals surface area contributed by atoms with E-state index >= 15 is 0 Å². The van der Waals surface area contributed by atoms with Crippen LogP contribution in [0.5, 0.6) is 0 Å². The number of hydrazone groups is 1. The molecular weight excluding hydrogens is 487 g/mol. The Morgan fingerprint density at radius 2 is 1.79 bits per heavy atom. The number of rotatable bonds is 6. The van der Waals surface area contributed by atoms with Gasteiger partial charge in [0.05, 0.1) is 23.2 Å². The summed E-state index contributed by atoms with van der Waals surface area (Å²) in [6.45, 7) is 0.601. The second-order valence-electron chi connectivity index (χ2n) is 8.14. The third-order valence-corrected chi connectivity index (χ3v) is 6.66. The number of anilines is 1. The molecule has 2 aromatic rings. The van der Waals surface area contributed by atoms with Gasteiger partial charge in [0.1, 0.15) is 5.71 Å². The van der Waals surface area contributed by atoms with Crippen LogP contribution in [0, 0.1) is 0 Å². The van der Waals surface area contributed by atoms with Gasteiger partial charge in [-0.3, -0.25) is 20.0 Å². The Morgan fingerprint density at radius 3 is 2.48 bits per heavy atom. The molecule has 7 nitrogen and oxygen atoms in total. The molecule has 33 heavy (non-hydrogen) atoms. The first-order chi connectivity index (χ1) is 15.8. The van der Waals surface area contributed by atoms with Crippen molar-refractivity contribution in [1.29, 1.82) is 0 Å². The predicted molar refractivity (Wildman–Crippen MR) is 130 cm³/mol. The first-order valence-electron chi connectivity index (χ1n) is 10.7. The maximum atomic E-state index is 13.2. The average Bonchev–Trinajstić information content (AvgIpc) is 3.20. The van der Waals surface area contributed by atoms with Gasteiger partial charge in [0.25, 0.3) is 5.91 Å². The first-order valence-corrected chi connectivity index (χ1v) is 11.8. The summed E-state index contributed by atoms with van der Waals surface area (Å²) < 4.78 is 0. The average molecular weight is 510 g/mol. The van der Waals surface area contributed by atoms with Gasteiger partial charge in [-0.1, -0.05) is 53.4 Å². The van der Waals surface area contributed by atoms with Crippen molar-refractivity contribution in [3.63, 3.8) is 0 Å². The molecule has 1 saturated heterocycles. The monoisotopic (exact) mass is 508 g/mol. The molecule has 2 N–H and O–H groups in total. The van der Waals surface area contributed by atoms with Crippen molar-refractivity contribution in [3.8, 4) is 0 Å². The number of carbonyl (C=O) groups excluding carboxylic acids is 1. The summed E-state index contributed by atoms with van der Waals surface area (Å²) in [5.74, 6) is -1.23. The van der Waals surface area contributed by atoms with Gasteiger partial charge in [0, 0.05) is 29.1 Å². The van der Waals surface area contributed by atoms with Crippen molar-refractivity contribution in [1.82, 2.24) is 10.4 Å². The lowest BCUT2D eigenvalue weighted by atomic mass is 10.0. The number of piperidine rings is 1. The molecule has 0 aromatic heterocycles. The number of aliphatic carboxylic acids is 1. The minimum Gasteiger partial charge on any atom is -0.481 e. The summed E-state index contributed by atoms with van der Waals surface area (Å²) in [4.78, 5) is 24.4. The van der Waals surface area contributed by atoms with E-state index in [0.717, 1.165) is 24.8 Å². The van der Waals surface area contributed by atoms with E-state index in [4.69, 9.17) is 34.8 Å². The van der Waals surface area contributed by atoms with Crippen LogP contribution >= 0.6 is 34.8 Å². The molecule has 2 aliphatic rings. The number of hydrogen-bond acceptors (Lipinski definition) is 5. The van der Waals surface area contributed by atoms with Crippen LogP contribution in [-0.4, -0.2) is 40.3 Å². The predicted octanol–water partition coefficient (Wildman–Crippen LogP) is 5.31. The molecule has 1 fully saturated rings. The van der Waals surface area contributed by atoms with Gasteiger partial charge < -0.3 is 5.11 Å². The molecule has 0 spiro atoms. The molecule has 2 aliphatic heterocycles. The van der Waals surface area contributed by atoms with Gasteiger partial charge in [0.15, 0.2) is 0 Å². The molecule has 0 radical (unpaired) electrons. The Balaban J connectivity index is 1.60. The van der Waals surface area contributed by atoms with Crippen molar-refractivity contribution in [2.24, 2.45) is 5.10 Å². The number of hydrogen-bond donors (Lipinski definition) is 2. The highest BCUT2D eigenvalue weighted by atomic mass is 35.5. The molecule has 2 heterocycles. The van der Waals surface area contributed by atoms with Gasteiger partial charge in [-0.05, 0) is 48.7 Å². The number of benzene rings is 2. The molecule has 174 valence electrons. The van der Waals surface area contributed by atoms with Crippen molar-refractivity contribution in [2.45, 2.75) is 44.2 Å². The van der Waals surface area contributed by atoms with E-state index in [9.17, 15) is 14.7 Å². The Labute approximate surface area is 206 Å². The highest BCUT2D eigenvalue weighted by Gasteiger charge is 2.35. The molecule has 2 unspecified atom stereocenters. The number of carboxylic acid groups (broad SMARTS) is 1. The zero-order valence-corrected chi connectivity index (χ0v) is 19.9. The molecule has 4 rings (SSSR count). The number of halogens is 3. The summed E-state index contributed by atoms with van der Waals surface area (Å²) in [7, 11) is 0. The standard InChI is InChI=1S/C23H23Cl3N4O3/c24-15-6-4-14(5-7-15)21-13-19(27-30(21)20-9-8-16(25)11-18(20)26)23(33)28-29-10-2-1-3-17(29)12-22(31)32/h4-9,11,17,21H,1-3,10,12-13H2,(H,28,33)(H,31,32). The van der Waals surface area contributed by atoms with Gasteiger partial charge in [0.2, 0.25) is 0 Å². The topological polar surface area (TPSA) is 85.2 Å². The van der Waals surface area contributed by atoms with Gasteiger partial charge in [-0.25, -0.2) is 5.01 Å². The summed E-state index contributed by atoms with van der Waals surface area (Å²) >= 11 is 18.6. The minimum absolute atomic E-state index is 0.0212. The van der Waals surface area contributed by atoms with Crippen molar-refractivity contribution < 1.29 is 14.7 Å².